The first-order chi connectivity index (χ1) is 11.2. The van der Waals surface area contributed by atoms with Gasteiger partial charge in [-0.2, -0.15) is 4.98 Å². The summed E-state index contributed by atoms with van der Waals surface area (Å²) in [6, 6.07) is 0. The Labute approximate surface area is 134 Å². The van der Waals surface area contributed by atoms with E-state index in [4.69, 9.17) is 16.9 Å². The second kappa shape index (κ2) is 5.29. The number of nitrogen functional groups attached to an aromatic ring is 1. The summed E-state index contributed by atoms with van der Waals surface area (Å²) in [4.78, 5) is 17.8. The normalized spacial score (nSPS) is 31.2. The van der Waals surface area contributed by atoms with E-state index in [2.05, 4.69) is 9.97 Å². The van der Waals surface area contributed by atoms with Gasteiger partial charge in [0.25, 0.3) is 5.56 Å². The number of halogens is 1. The van der Waals surface area contributed by atoms with Crippen LogP contribution in [0.25, 0.3) is 11.0 Å². The van der Waals surface area contributed by atoms with Crippen molar-refractivity contribution >= 4 is 17.0 Å². The van der Waals surface area contributed by atoms with Gasteiger partial charge in [0.2, 0.25) is 5.95 Å². The van der Waals surface area contributed by atoms with Crippen LogP contribution in [0.2, 0.25) is 0 Å². The van der Waals surface area contributed by atoms with E-state index in [0.717, 1.165) is 10.8 Å². The molecule has 0 aliphatic carbocycles. The summed E-state index contributed by atoms with van der Waals surface area (Å²) in [7, 11) is 0. The zero-order valence-corrected chi connectivity index (χ0v) is 12.5. The van der Waals surface area contributed by atoms with Crippen LogP contribution in [0.3, 0.4) is 0 Å². The van der Waals surface area contributed by atoms with Crippen molar-refractivity contribution in [1.29, 1.82) is 0 Å². The standard InChI is InChI=1S/C14H15FN4O5/c1-3-14(23)9(21)8(5(2)20)24-12(14)19-4-6(15)7-10(19)17-13(16)18-11(7)22/h1,4-5,8-9,12,20-21,23H,2H3,(H3,16,17,18,22)/t5-,8+,9-,12+,14?/m0/s1. The van der Waals surface area contributed by atoms with Crippen LogP contribution in [0, 0.1) is 18.2 Å². The summed E-state index contributed by atoms with van der Waals surface area (Å²) < 4.78 is 20.6. The van der Waals surface area contributed by atoms with Gasteiger partial charge < -0.3 is 25.8 Å². The van der Waals surface area contributed by atoms with E-state index in [-0.39, 0.29) is 11.6 Å². The fourth-order valence-electron chi connectivity index (χ4n) is 2.84. The number of H-pyrrole nitrogens is 1. The Morgan fingerprint density at radius 3 is 2.92 bits per heavy atom. The molecule has 0 saturated carbocycles. The predicted octanol–water partition coefficient (Wildman–Crippen LogP) is -1.55. The number of aliphatic hydroxyl groups excluding tert-OH is 2. The minimum absolute atomic E-state index is 0.217. The van der Waals surface area contributed by atoms with Crippen molar-refractivity contribution in [2.24, 2.45) is 0 Å². The van der Waals surface area contributed by atoms with Crippen LogP contribution in [-0.4, -0.2) is 53.8 Å². The fourth-order valence-corrected chi connectivity index (χ4v) is 2.84. The molecule has 1 aliphatic heterocycles. The average Bonchev–Trinajstić information content (AvgIpc) is 2.95. The van der Waals surface area contributed by atoms with Gasteiger partial charge in [-0.1, -0.05) is 5.92 Å². The van der Waals surface area contributed by atoms with Gasteiger partial charge in [-0.05, 0) is 6.92 Å². The number of rotatable bonds is 2. The Morgan fingerprint density at radius 1 is 1.67 bits per heavy atom. The van der Waals surface area contributed by atoms with Crippen molar-refractivity contribution in [2.45, 2.75) is 37.1 Å². The maximum absolute atomic E-state index is 14.1. The molecule has 10 heteroatoms. The zero-order valence-electron chi connectivity index (χ0n) is 12.5. The number of nitrogens with two attached hydrogens (primary N) is 1. The molecular weight excluding hydrogens is 323 g/mol. The number of hydrogen-bond donors (Lipinski definition) is 5. The molecule has 6 N–H and O–H groups in total. The summed E-state index contributed by atoms with van der Waals surface area (Å²) in [5.74, 6) is 0.798. The molecule has 1 unspecified atom stereocenters. The Bertz CT molecular complexity index is 901. The fraction of sp³-hybridized carbons (Fsp3) is 0.429. The van der Waals surface area contributed by atoms with Crippen LogP contribution in [0.5, 0.6) is 0 Å². The first-order valence-corrected chi connectivity index (χ1v) is 6.98. The van der Waals surface area contributed by atoms with E-state index in [9.17, 15) is 24.5 Å². The molecule has 0 radical (unpaired) electrons. The second-order valence-electron chi connectivity index (χ2n) is 5.64. The van der Waals surface area contributed by atoms with Crippen LogP contribution in [0.1, 0.15) is 13.2 Å². The monoisotopic (exact) mass is 338 g/mol. The van der Waals surface area contributed by atoms with Crippen molar-refractivity contribution in [2.75, 3.05) is 5.73 Å². The molecule has 0 bridgehead atoms. The molecule has 5 atom stereocenters. The molecule has 0 aromatic carbocycles. The Balaban J connectivity index is 2.24. The van der Waals surface area contributed by atoms with Gasteiger partial charge >= 0.3 is 0 Å². The molecule has 1 aliphatic rings. The molecule has 0 spiro atoms. The number of ether oxygens (including phenoxy) is 1. The van der Waals surface area contributed by atoms with E-state index < -0.39 is 46.9 Å². The first-order valence-electron chi connectivity index (χ1n) is 6.98. The molecule has 2 aromatic heterocycles. The van der Waals surface area contributed by atoms with E-state index in [1.54, 1.807) is 0 Å². The van der Waals surface area contributed by atoms with Crippen LogP contribution in [-0.2, 0) is 4.74 Å². The predicted molar refractivity (Wildman–Crippen MR) is 80.1 cm³/mol. The van der Waals surface area contributed by atoms with Crippen molar-refractivity contribution in [3.63, 3.8) is 0 Å². The topological polar surface area (TPSA) is 147 Å². The Morgan fingerprint density at radius 2 is 2.33 bits per heavy atom. The number of hydrogen-bond acceptors (Lipinski definition) is 7. The van der Waals surface area contributed by atoms with Gasteiger partial charge in [-0.25, -0.2) is 4.39 Å². The third-order valence-corrected chi connectivity index (χ3v) is 4.04. The number of aromatic amines is 1. The average molecular weight is 338 g/mol. The summed E-state index contributed by atoms with van der Waals surface area (Å²) in [6.45, 7) is 1.34. The summed E-state index contributed by atoms with van der Waals surface area (Å²) in [6.07, 6.45) is 0.646. The SMILES string of the molecule is C#CC1(O)[C@@H](O)[C@@H]([C@H](C)O)O[C@H]1n1cc(F)c2c(=O)[nH]c(N)nc21. The molecular formula is C14H15FN4O5. The van der Waals surface area contributed by atoms with Crippen molar-refractivity contribution in [1.82, 2.24) is 14.5 Å². The van der Waals surface area contributed by atoms with E-state index in [1.165, 1.54) is 6.92 Å². The molecule has 2 aromatic rings. The number of nitrogens with zero attached hydrogens (tertiary/aromatic N) is 2. The zero-order chi connectivity index (χ0) is 17.8. The van der Waals surface area contributed by atoms with Gasteiger partial charge in [0.05, 0.1) is 6.10 Å². The first kappa shape index (κ1) is 16.4. The number of fused-ring (bicyclic) bond motifs is 1. The lowest BCUT2D eigenvalue weighted by molar-refractivity contribution is -0.0846. The van der Waals surface area contributed by atoms with Gasteiger partial charge in [-0.15, -0.1) is 6.42 Å². The number of aromatic nitrogens is 3. The third kappa shape index (κ3) is 2.10. The molecule has 24 heavy (non-hydrogen) atoms. The Kier molecular flexibility index (Phi) is 3.61. The molecule has 3 heterocycles. The second-order valence-corrected chi connectivity index (χ2v) is 5.64. The van der Waals surface area contributed by atoms with Gasteiger partial charge in [0.1, 0.15) is 17.6 Å². The maximum Gasteiger partial charge on any atom is 0.264 e. The number of nitrogens with one attached hydrogen (secondary N) is 1. The molecule has 9 nitrogen and oxygen atoms in total. The summed E-state index contributed by atoms with van der Waals surface area (Å²) in [5.41, 5.74) is 2.16. The molecule has 3 rings (SSSR count). The minimum Gasteiger partial charge on any atom is -0.391 e. The van der Waals surface area contributed by atoms with E-state index in [0.29, 0.717) is 0 Å². The Hall–Kier alpha value is -2.45. The van der Waals surface area contributed by atoms with Gasteiger partial charge in [0, 0.05) is 6.20 Å². The lowest BCUT2D eigenvalue weighted by Gasteiger charge is -2.26. The lowest BCUT2D eigenvalue weighted by atomic mass is 9.93. The van der Waals surface area contributed by atoms with Crippen LogP contribution >= 0.6 is 0 Å². The van der Waals surface area contributed by atoms with Crippen LogP contribution < -0.4 is 11.3 Å². The number of terminal acetylenes is 1. The highest BCUT2D eigenvalue weighted by molar-refractivity contribution is 5.77. The van der Waals surface area contributed by atoms with Crippen molar-refractivity contribution in [3.8, 4) is 12.3 Å². The van der Waals surface area contributed by atoms with Gasteiger partial charge in [-0.3, -0.25) is 14.3 Å². The summed E-state index contributed by atoms with van der Waals surface area (Å²) >= 11 is 0. The van der Waals surface area contributed by atoms with Crippen LogP contribution in [0.4, 0.5) is 10.3 Å². The van der Waals surface area contributed by atoms with Gasteiger partial charge in [0.15, 0.2) is 23.3 Å². The highest BCUT2D eigenvalue weighted by atomic mass is 19.1. The quantitative estimate of drug-likeness (QED) is 0.417. The molecule has 1 fully saturated rings. The molecule has 1 saturated heterocycles. The summed E-state index contributed by atoms with van der Waals surface area (Å²) in [5, 5.41) is 30.1. The highest BCUT2D eigenvalue weighted by Crippen LogP contribution is 2.40. The minimum atomic E-state index is -2.28. The number of anilines is 1. The van der Waals surface area contributed by atoms with E-state index in [1.807, 2.05) is 5.92 Å². The number of aliphatic hydroxyl groups is 3. The third-order valence-electron chi connectivity index (χ3n) is 4.04. The largest absolute Gasteiger partial charge is 0.391 e. The van der Waals surface area contributed by atoms with Crippen molar-refractivity contribution in [3.05, 3.63) is 22.4 Å². The molecule has 0 amide bonds. The highest BCUT2D eigenvalue weighted by Gasteiger charge is 2.57. The smallest absolute Gasteiger partial charge is 0.264 e. The van der Waals surface area contributed by atoms with E-state index >= 15 is 0 Å². The molecule has 128 valence electrons. The van der Waals surface area contributed by atoms with Crippen LogP contribution in [0.15, 0.2) is 11.0 Å². The van der Waals surface area contributed by atoms with Crippen molar-refractivity contribution < 1.29 is 24.4 Å². The maximum atomic E-state index is 14.1. The lowest BCUT2D eigenvalue weighted by Crippen LogP contribution is -2.47.